The van der Waals surface area contributed by atoms with Crippen molar-refractivity contribution >= 4 is 16.9 Å². The summed E-state index contributed by atoms with van der Waals surface area (Å²) in [7, 11) is 0. The molecule has 0 bridgehead atoms. The highest BCUT2D eigenvalue weighted by Crippen LogP contribution is 2.48. The minimum atomic E-state index is -0.212. The van der Waals surface area contributed by atoms with Gasteiger partial charge >= 0.3 is 0 Å². The minimum Gasteiger partial charge on any atom is -0.341 e. The van der Waals surface area contributed by atoms with Gasteiger partial charge in [-0.25, -0.2) is 4.39 Å². The van der Waals surface area contributed by atoms with E-state index in [-0.39, 0.29) is 17.9 Å². The average Bonchev–Trinajstić information content (AvgIpc) is 3.33. The Labute approximate surface area is 174 Å². The van der Waals surface area contributed by atoms with Gasteiger partial charge < -0.3 is 9.47 Å². The van der Waals surface area contributed by atoms with Crippen LogP contribution in [0, 0.1) is 19.7 Å². The summed E-state index contributed by atoms with van der Waals surface area (Å²) in [4.78, 5) is 12.1. The second-order valence-corrected chi connectivity index (χ2v) is 9.16. The zero-order chi connectivity index (χ0) is 20.1. The van der Waals surface area contributed by atoms with E-state index in [0.717, 1.165) is 28.8 Å². The van der Waals surface area contributed by atoms with E-state index in [1.54, 1.807) is 6.07 Å². The van der Waals surface area contributed by atoms with Gasteiger partial charge in [0.15, 0.2) is 5.17 Å². The lowest BCUT2D eigenvalue weighted by Crippen LogP contribution is -2.28. The monoisotopic (exact) mass is 406 g/mol. The molecule has 0 spiro atoms. The Morgan fingerprint density at radius 2 is 1.90 bits per heavy atom. The van der Waals surface area contributed by atoms with E-state index < -0.39 is 0 Å². The van der Waals surface area contributed by atoms with Gasteiger partial charge in [-0.1, -0.05) is 36.9 Å². The summed E-state index contributed by atoms with van der Waals surface area (Å²) in [6.07, 6.45) is 1.83. The molecule has 4 nitrogen and oxygen atoms in total. The molecule has 2 aromatic heterocycles. The van der Waals surface area contributed by atoms with E-state index >= 15 is 0 Å². The van der Waals surface area contributed by atoms with Crippen molar-refractivity contribution in [2.45, 2.75) is 38.1 Å². The van der Waals surface area contributed by atoms with Crippen molar-refractivity contribution in [3.05, 3.63) is 83.2 Å². The summed E-state index contributed by atoms with van der Waals surface area (Å²) in [5.41, 5.74) is 4.83. The maximum Gasteiger partial charge on any atom is 0.160 e. The number of aryl methyl sites for hydroxylation is 1. The number of benzene rings is 1. The maximum atomic E-state index is 14.6. The van der Waals surface area contributed by atoms with Crippen LogP contribution >= 0.6 is 11.8 Å². The van der Waals surface area contributed by atoms with Crippen molar-refractivity contribution in [1.82, 2.24) is 14.5 Å². The summed E-state index contributed by atoms with van der Waals surface area (Å²) in [5, 5.41) is 1.60. The van der Waals surface area contributed by atoms with E-state index in [1.165, 1.54) is 11.6 Å². The average molecular weight is 407 g/mol. The first-order valence-electron chi connectivity index (χ1n) is 9.90. The van der Waals surface area contributed by atoms with Crippen LogP contribution in [0.4, 0.5) is 4.39 Å². The van der Waals surface area contributed by atoms with Crippen LogP contribution in [0.1, 0.15) is 41.7 Å². The Balaban J connectivity index is 1.64. The van der Waals surface area contributed by atoms with E-state index in [1.807, 2.05) is 59.8 Å². The quantitative estimate of drug-likeness (QED) is 0.598. The van der Waals surface area contributed by atoms with Gasteiger partial charge in [-0.3, -0.25) is 9.98 Å². The molecule has 1 fully saturated rings. The number of aromatic nitrogens is 2. The second kappa shape index (κ2) is 7.02. The molecule has 2 aliphatic rings. The number of para-hydroxylation sites is 1. The summed E-state index contributed by atoms with van der Waals surface area (Å²) >= 11 is 1.83. The lowest BCUT2D eigenvalue weighted by molar-refractivity contribution is 0.320. The van der Waals surface area contributed by atoms with E-state index in [9.17, 15) is 4.39 Å². The van der Waals surface area contributed by atoms with Gasteiger partial charge in [-0.2, -0.15) is 0 Å². The van der Waals surface area contributed by atoms with Crippen molar-refractivity contribution in [3.63, 3.8) is 0 Å². The Hall–Kier alpha value is -2.60. The Morgan fingerprint density at radius 3 is 2.66 bits per heavy atom. The first kappa shape index (κ1) is 18.4. The van der Waals surface area contributed by atoms with Crippen LogP contribution in [0.25, 0.3) is 5.69 Å². The highest BCUT2D eigenvalue weighted by molar-refractivity contribution is 8.14. The molecule has 0 aliphatic carbocycles. The molecule has 1 aromatic carbocycles. The molecule has 6 heteroatoms. The fraction of sp³-hybridized carbons (Fsp3) is 0.304. The molecule has 148 valence electrons. The van der Waals surface area contributed by atoms with Gasteiger partial charge in [0.25, 0.3) is 0 Å². The molecular weight excluding hydrogens is 383 g/mol. The van der Waals surface area contributed by atoms with Gasteiger partial charge in [-0.15, -0.1) is 0 Å². The SMILES string of the molecule is Cc1cc(C2C(c3ccccn3)N=C3SC(C)CN32)c(C)n1-c1ccccc1F. The van der Waals surface area contributed by atoms with Gasteiger partial charge in [0.2, 0.25) is 0 Å². The number of nitrogens with zero attached hydrogens (tertiary/aromatic N) is 4. The molecule has 1 saturated heterocycles. The van der Waals surface area contributed by atoms with Gasteiger partial charge in [0, 0.05) is 29.4 Å². The topological polar surface area (TPSA) is 33.4 Å². The van der Waals surface area contributed by atoms with Crippen molar-refractivity contribution in [2.75, 3.05) is 6.54 Å². The number of hydrogen-bond acceptors (Lipinski definition) is 4. The van der Waals surface area contributed by atoms with E-state index in [0.29, 0.717) is 10.9 Å². The predicted molar refractivity (Wildman–Crippen MR) is 116 cm³/mol. The van der Waals surface area contributed by atoms with Crippen LogP contribution in [0.15, 0.2) is 59.7 Å². The van der Waals surface area contributed by atoms with E-state index in [4.69, 9.17) is 4.99 Å². The molecule has 0 radical (unpaired) electrons. The van der Waals surface area contributed by atoms with Crippen molar-refractivity contribution in [3.8, 4) is 5.69 Å². The molecule has 0 saturated carbocycles. The zero-order valence-corrected chi connectivity index (χ0v) is 17.5. The molecule has 2 aliphatic heterocycles. The number of thioether (sulfide) groups is 1. The molecule has 3 aromatic rings. The smallest absolute Gasteiger partial charge is 0.160 e. The highest BCUT2D eigenvalue weighted by Gasteiger charge is 2.44. The lowest BCUT2D eigenvalue weighted by atomic mass is 9.96. The predicted octanol–water partition coefficient (Wildman–Crippen LogP) is 5.22. The van der Waals surface area contributed by atoms with Gasteiger partial charge in [0.05, 0.1) is 17.4 Å². The van der Waals surface area contributed by atoms with Crippen molar-refractivity contribution < 1.29 is 4.39 Å². The van der Waals surface area contributed by atoms with Crippen LogP contribution in [-0.4, -0.2) is 31.4 Å². The van der Waals surface area contributed by atoms with Crippen LogP contribution in [0.5, 0.6) is 0 Å². The first-order valence-corrected chi connectivity index (χ1v) is 10.8. The number of amidine groups is 1. The van der Waals surface area contributed by atoms with E-state index in [2.05, 4.69) is 29.8 Å². The fourth-order valence-electron chi connectivity index (χ4n) is 4.54. The fourth-order valence-corrected chi connectivity index (χ4v) is 5.64. The number of aliphatic imine (C=N–C) groups is 1. The summed E-state index contributed by atoms with van der Waals surface area (Å²) in [6, 6.07) is 15.2. The number of fused-ring (bicyclic) bond motifs is 1. The van der Waals surface area contributed by atoms with Gasteiger partial charge in [0.1, 0.15) is 11.9 Å². The Morgan fingerprint density at radius 1 is 1.10 bits per heavy atom. The lowest BCUT2D eigenvalue weighted by Gasteiger charge is -2.27. The minimum absolute atomic E-state index is 0.0548. The molecule has 5 rings (SSSR count). The first-order chi connectivity index (χ1) is 14.0. The second-order valence-electron chi connectivity index (χ2n) is 7.75. The molecule has 3 atom stereocenters. The number of hydrogen-bond donors (Lipinski definition) is 0. The van der Waals surface area contributed by atoms with Crippen molar-refractivity contribution in [1.29, 1.82) is 0 Å². The normalized spacial score (nSPS) is 23.4. The highest BCUT2D eigenvalue weighted by atomic mass is 32.2. The summed E-state index contributed by atoms with van der Waals surface area (Å²) in [6.45, 7) is 7.31. The third kappa shape index (κ3) is 2.97. The Kier molecular flexibility index (Phi) is 4.46. The molecular formula is C23H23FN4S. The molecule has 3 unspecified atom stereocenters. The number of rotatable bonds is 3. The van der Waals surface area contributed by atoms with Crippen LogP contribution in [0.2, 0.25) is 0 Å². The maximum absolute atomic E-state index is 14.6. The third-order valence-electron chi connectivity index (χ3n) is 5.76. The molecule has 0 N–H and O–H groups in total. The van der Waals surface area contributed by atoms with Crippen LogP contribution in [-0.2, 0) is 0 Å². The standard InChI is InChI=1S/C23H23FN4S/c1-14-12-17(16(3)28(14)20-10-5-4-8-18(20)24)22-21(19-9-6-7-11-25-19)26-23-27(22)13-15(2)29-23/h4-12,15,21-22H,13H2,1-3H3. The summed E-state index contributed by atoms with van der Waals surface area (Å²) < 4.78 is 16.6. The number of pyridine rings is 1. The molecule has 29 heavy (non-hydrogen) atoms. The van der Waals surface area contributed by atoms with Crippen LogP contribution in [0.3, 0.4) is 0 Å². The van der Waals surface area contributed by atoms with Crippen molar-refractivity contribution in [2.24, 2.45) is 4.99 Å². The molecule has 4 heterocycles. The van der Waals surface area contributed by atoms with Gasteiger partial charge in [-0.05, 0) is 49.7 Å². The summed E-state index contributed by atoms with van der Waals surface area (Å²) in [5.74, 6) is -0.212. The largest absolute Gasteiger partial charge is 0.341 e. The zero-order valence-electron chi connectivity index (χ0n) is 16.7. The van der Waals surface area contributed by atoms with Crippen LogP contribution < -0.4 is 0 Å². The Bertz CT molecular complexity index is 1090. The molecule has 0 amide bonds. The third-order valence-corrected chi connectivity index (χ3v) is 6.87. The number of halogens is 1.